The number of imidazole rings is 1. The Morgan fingerprint density at radius 2 is 2.17 bits per heavy atom. The lowest BCUT2D eigenvalue weighted by Gasteiger charge is -2.01. The van der Waals surface area contributed by atoms with Crippen LogP contribution in [0.2, 0.25) is 0 Å². The minimum Gasteiger partial charge on any atom is -0.288 e. The van der Waals surface area contributed by atoms with Gasteiger partial charge in [0.2, 0.25) is 0 Å². The average Bonchev–Trinajstić information content (AvgIpc) is 2.47. The predicted octanol–water partition coefficient (Wildman–Crippen LogP) is 1.85. The molecule has 0 amide bonds. The van der Waals surface area contributed by atoms with Crippen LogP contribution in [0.3, 0.4) is 0 Å². The number of fused-ring (bicyclic) bond motifs is 1. The minimum absolute atomic E-state index is 0.441. The summed E-state index contributed by atoms with van der Waals surface area (Å²) < 4.78 is 2.02. The molecule has 0 saturated carbocycles. The van der Waals surface area contributed by atoms with Crippen LogP contribution in [0, 0.1) is 0 Å². The molecule has 3 nitrogen and oxygen atoms in total. The normalized spacial score (nSPS) is 11.2. The van der Waals surface area contributed by atoms with Crippen molar-refractivity contribution in [3.8, 4) is 0 Å². The lowest BCUT2D eigenvalue weighted by Crippen LogP contribution is -1.96. The van der Waals surface area contributed by atoms with Crippen LogP contribution in [-0.2, 0) is 0 Å². The van der Waals surface area contributed by atoms with Gasteiger partial charge in [-0.05, 0) is 6.07 Å². The van der Waals surface area contributed by atoms with E-state index in [-0.39, 0.29) is 0 Å². The van der Waals surface area contributed by atoms with Crippen molar-refractivity contribution >= 4 is 5.65 Å². The molecule has 2 aromatic rings. The van der Waals surface area contributed by atoms with Crippen molar-refractivity contribution in [2.24, 2.45) is 0 Å². The summed E-state index contributed by atoms with van der Waals surface area (Å²) in [5.74, 6) is 1.51. The first-order valence-electron chi connectivity index (χ1n) is 4.07. The zero-order valence-electron chi connectivity index (χ0n) is 7.23. The molecule has 62 valence electrons. The van der Waals surface area contributed by atoms with Gasteiger partial charge in [0.25, 0.3) is 0 Å². The van der Waals surface area contributed by atoms with Gasteiger partial charge < -0.3 is 0 Å². The summed E-state index contributed by atoms with van der Waals surface area (Å²) in [6.45, 7) is 4.25. The highest BCUT2D eigenvalue weighted by atomic mass is 15.1. The van der Waals surface area contributed by atoms with Crippen LogP contribution in [0.25, 0.3) is 5.65 Å². The van der Waals surface area contributed by atoms with Gasteiger partial charge in [-0.1, -0.05) is 13.8 Å². The molecule has 12 heavy (non-hydrogen) atoms. The summed E-state index contributed by atoms with van der Waals surface area (Å²) in [6, 6.07) is 1.92. The molecule has 2 rings (SSSR count). The number of rotatable bonds is 1. The first-order chi connectivity index (χ1) is 5.79. The van der Waals surface area contributed by atoms with E-state index in [2.05, 4.69) is 23.8 Å². The highest BCUT2D eigenvalue weighted by molar-refractivity contribution is 5.36. The molecule has 0 aliphatic carbocycles. The fourth-order valence-electron chi connectivity index (χ4n) is 1.29. The van der Waals surface area contributed by atoms with Crippen LogP contribution in [0.4, 0.5) is 0 Å². The lowest BCUT2D eigenvalue weighted by molar-refractivity contribution is 0.768. The van der Waals surface area contributed by atoms with Crippen LogP contribution >= 0.6 is 0 Å². The smallest absolute Gasteiger partial charge is 0.156 e. The molecule has 0 N–H and O–H groups in total. The van der Waals surface area contributed by atoms with E-state index in [1.807, 2.05) is 16.7 Å². The highest BCUT2D eigenvalue weighted by Gasteiger charge is 2.06. The quantitative estimate of drug-likeness (QED) is 0.639. The summed E-state index contributed by atoms with van der Waals surface area (Å²) in [5, 5.41) is 0. The highest BCUT2D eigenvalue weighted by Crippen LogP contribution is 2.12. The zero-order valence-corrected chi connectivity index (χ0v) is 7.23. The maximum atomic E-state index is 4.30. The molecule has 3 heteroatoms. The van der Waals surface area contributed by atoms with E-state index in [0.29, 0.717) is 5.92 Å². The van der Waals surface area contributed by atoms with E-state index in [1.54, 1.807) is 12.4 Å². The van der Waals surface area contributed by atoms with Crippen molar-refractivity contribution in [3.05, 3.63) is 30.5 Å². The molecule has 0 fully saturated rings. The van der Waals surface area contributed by atoms with Gasteiger partial charge in [0.05, 0.1) is 6.20 Å². The third-order valence-corrected chi connectivity index (χ3v) is 1.85. The summed E-state index contributed by atoms with van der Waals surface area (Å²) >= 11 is 0. The molecule has 0 atom stereocenters. The van der Waals surface area contributed by atoms with Crippen LogP contribution < -0.4 is 0 Å². The van der Waals surface area contributed by atoms with Crippen molar-refractivity contribution in [1.29, 1.82) is 0 Å². The molecule has 0 spiro atoms. The number of hydrogen-bond acceptors (Lipinski definition) is 2. The van der Waals surface area contributed by atoms with Crippen LogP contribution in [0.1, 0.15) is 25.6 Å². The van der Waals surface area contributed by atoms with Gasteiger partial charge in [0.15, 0.2) is 5.65 Å². The van der Waals surface area contributed by atoms with E-state index in [4.69, 9.17) is 0 Å². The first-order valence-corrected chi connectivity index (χ1v) is 4.07. The van der Waals surface area contributed by atoms with Gasteiger partial charge in [-0.25, -0.2) is 9.97 Å². The second-order valence-corrected chi connectivity index (χ2v) is 3.12. The number of hydrogen-bond donors (Lipinski definition) is 0. The molecule has 0 bridgehead atoms. The molecule has 0 unspecified atom stereocenters. The zero-order chi connectivity index (χ0) is 8.55. The SMILES string of the molecule is CC(C)c1ncc2ncccn12. The topological polar surface area (TPSA) is 30.2 Å². The summed E-state index contributed by atoms with van der Waals surface area (Å²) in [5.41, 5.74) is 0.918. The number of aromatic nitrogens is 3. The first kappa shape index (κ1) is 7.28. The largest absolute Gasteiger partial charge is 0.288 e. The lowest BCUT2D eigenvalue weighted by atomic mass is 10.2. The fraction of sp³-hybridized carbons (Fsp3) is 0.333. The fourth-order valence-corrected chi connectivity index (χ4v) is 1.29. The van der Waals surface area contributed by atoms with Crippen LogP contribution in [-0.4, -0.2) is 14.4 Å². The van der Waals surface area contributed by atoms with Crippen LogP contribution in [0.5, 0.6) is 0 Å². The van der Waals surface area contributed by atoms with E-state index < -0.39 is 0 Å². The molecule has 0 aliphatic rings. The van der Waals surface area contributed by atoms with Crippen molar-refractivity contribution in [3.63, 3.8) is 0 Å². The maximum Gasteiger partial charge on any atom is 0.156 e. The van der Waals surface area contributed by atoms with Gasteiger partial charge in [0, 0.05) is 18.3 Å². The Hall–Kier alpha value is -1.38. The monoisotopic (exact) mass is 161 g/mol. The van der Waals surface area contributed by atoms with Crippen LogP contribution in [0.15, 0.2) is 24.7 Å². The Balaban J connectivity index is 2.70. The molecule has 0 aromatic carbocycles. The summed E-state index contributed by atoms with van der Waals surface area (Å²) in [4.78, 5) is 8.48. The standard InChI is InChI=1S/C9H11N3/c1-7(2)9-11-6-8-10-4-3-5-12(8)9/h3-7H,1-2H3. The minimum atomic E-state index is 0.441. The van der Waals surface area contributed by atoms with Gasteiger partial charge in [0.1, 0.15) is 5.82 Å². The van der Waals surface area contributed by atoms with Gasteiger partial charge >= 0.3 is 0 Å². The average molecular weight is 161 g/mol. The third kappa shape index (κ3) is 0.978. The van der Waals surface area contributed by atoms with Gasteiger partial charge in [-0.2, -0.15) is 0 Å². The van der Waals surface area contributed by atoms with Gasteiger partial charge in [-0.3, -0.25) is 4.40 Å². The third-order valence-electron chi connectivity index (χ3n) is 1.85. The second-order valence-electron chi connectivity index (χ2n) is 3.12. The molecule has 2 heterocycles. The molecule has 2 aromatic heterocycles. The maximum absolute atomic E-state index is 4.30. The Kier molecular flexibility index (Phi) is 1.57. The van der Waals surface area contributed by atoms with Crippen molar-refractivity contribution in [1.82, 2.24) is 14.4 Å². The van der Waals surface area contributed by atoms with Crippen molar-refractivity contribution < 1.29 is 0 Å². The van der Waals surface area contributed by atoms with Crippen molar-refractivity contribution in [2.75, 3.05) is 0 Å². The summed E-state index contributed by atoms with van der Waals surface area (Å²) in [7, 11) is 0. The second kappa shape index (κ2) is 2.59. The molecular formula is C9H11N3. The van der Waals surface area contributed by atoms with E-state index in [0.717, 1.165) is 11.5 Å². The molecular weight excluding hydrogens is 150 g/mol. The Morgan fingerprint density at radius 3 is 2.92 bits per heavy atom. The molecule has 0 radical (unpaired) electrons. The van der Waals surface area contributed by atoms with E-state index in [1.165, 1.54) is 0 Å². The summed E-state index contributed by atoms with van der Waals surface area (Å²) in [6.07, 6.45) is 5.57. The van der Waals surface area contributed by atoms with E-state index in [9.17, 15) is 0 Å². The Morgan fingerprint density at radius 1 is 1.33 bits per heavy atom. The van der Waals surface area contributed by atoms with Gasteiger partial charge in [-0.15, -0.1) is 0 Å². The Bertz CT molecular complexity index is 389. The molecule has 0 saturated heterocycles. The predicted molar refractivity (Wildman–Crippen MR) is 47.1 cm³/mol. The molecule has 0 aliphatic heterocycles. The Labute approximate surface area is 71.1 Å². The van der Waals surface area contributed by atoms with E-state index >= 15 is 0 Å². The van der Waals surface area contributed by atoms with Crippen molar-refractivity contribution in [2.45, 2.75) is 19.8 Å². The number of nitrogens with zero attached hydrogens (tertiary/aromatic N) is 3.